The van der Waals surface area contributed by atoms with Crippen molar-refractivity contribution in [2.75, 3.05) is 17.3 Å². The highest BCUT2D eigenvalue weighted by Gasteiger charge is 2.28. The topological polar surface area (TPSA) is 26.3 Å². The van der Waals surface area contributed by atoms with Gasteiger partial charge >= 0.3 is 0 Å². The van der Waals surface area contributed by atoms with Crippen molar-refractivity contribution in [1.29, 1.82) is 0 Å². The zero-order chi connectivity index (χ0) is 14.9. The number of para-hydroxylation sites is 1. The summed E-state index contributed by atoms with van der Waals surface area (Å²) in [5.41, 5.74) is 0.827. The van der Waals surface area contributed by atoms with E-state index in [1.165, 1.54) is 24.3 Å². The molecule has 0 amide bonds. The minimum atomic E-state index is 0.285. The van der Waals surface area contributed by atoms with Gasteiger partial charge in [0.15, 0.2) is 5.75 Å². The maximum Gasteiger partial charge on any atom is 0.211 e. The van der Waals surface area contributed by atoms with Crippen molar-refractivity contribution in [3.63, 3.8) is 0 Å². The van der Waals surface area contributed by atoms with Crippen LogP contribution in [0.25, 0.3) is 0 Å². The summed E-state index contributed by atoms with van der Waals surface area (Å²) in [5, 5.41) is 0. The summed E-state index contributed by atoms with van der Waals surface area (Å²) in [6.45, 7) is 0. The van der Waals surface area contributed by atoms with Gasteiger partial charge in [-0.1, -0.05) is 23.9 Å². The normalized spacial score (nSPS) is 16.7. The van der Waals surface area contributed by atoms with E-state index in [-0.39, 0.29) is 5.78 Å². The molecule has 4 heteroatoms. The fraction of sp³-hybridized carbons (Fsp3) is 0.278. The van der Waals surface area contributed by atoms with Crippen LogP contribution < -0.4 is 4.74 Å². The molecule has 22 heavy (non-hydrogen) atoms. The molecule has 2 aliphatic rings. The van der Waals surface area contributed by atoms with Crippen LogP contribution in [0.5, 0.6) is 11.5 Å². The van der Waals surface area contributed by atoms with Crippen molar-refractivity contribution in [2.45, 2.75) is 22.6 Å². The van der Waals surface area contributed by atoms with Gasteiger partial charge in [-0.3, -0.25) is 4.79 Å². The standard InChI is InChI=1S/C18H17O2S2/c19-14(12-22-9-3-4-10-22)13-7-8-16-18(11-13)21-17-6-2-1-5-15(17)20-16/h1-2,5-8,11H,3-4,9-10,12H2/q+1. The molecule has 1 fully saturated rings. The molecular formula is C18H17O2S2+. The number of carbonyl (C=O) groups is 1. The number of carbonyl (C=O) groups excluding carboxylic acids is 1. The SMILES string of the molecule is O=C(C[S+]1CCCC1)c1ccc2c(c1)Sc1ccccc1O2. The van der Waals surface area contributed by atoms with Crippen LogP contribution in [0.1, 0.15) is 23.2 Å². The number of hydrogen-bond donors (Lipinski definition) is 0. The number of Topliss-reactive ketones (excluding diaryl/α,β-unsaturated/α-hetero) is 1. The Balaban J connectivity index is 1.56. The van der Waals surface area contributed by atoms with E-state index in [4.69, 9.17) is 4.74 Å². The number of ketones is 1. The molecule has 0 bridgehead atoms. The monoisotopic (exact) mass is 329 g/mol. The quantitative estimate of drug-likeness (QED) is 0.521. The van der Waals surface area contributed by atoms with Crippen LogP contribution in [-0.2, 0) is 10.9 Å². The molecule has 4 rings (SSSR count). The third kappa shape index (κ3) is 2.77. The van der Waals surface area contributed by atoms with E-state index in [1.54, 1.807) is 11.8 Å². The van der Waals surface area contributed by atoms with Gasteiger partial charge in [0.1, 0.15) is 23.0 Å². The maximum atomic E-state index is 12.5. The lowest BCUT2D eigenvalue weighted by Gasteiger charge is -2.19. The summed E-state index contributed by atoms with van der Waals surface area (Å²) < 4.78 is 5.92. The first kappa shape index (κ1) is 14.2. The lowest BCUT2D eigenvalue weighted by atomic mass is 10.1. The predicted molar refractivity (Wildman–Crippen MR) is 92.6 cm³/mol. The second-order valence-corrected chi connectivity index (χ2v) is 9.02. The molecule has 2 aliphatic heterocycles. The Labute approximate surface area is 137 Å². The van der Waals surface area contributed by atoms with Gasteiger partial charge in [-0.15, -0.1) is 0 Å². The first-order valence-electron chi connectivity index (χ1n) is 7.56. The Morgan fingerprint density at radius 2 is 1.82 bits per heavy atom. The molecule has 2 aromatic rings. The summed E-state index contributed by atoms with van der Waals surface area (Å²) in [4.78, 5) is 14.6. The average molecular weight is 329 g/mol. The van der Waals surface area contributed by atoms with Crippen molar-refractivity contribution >= 4 is 28.4 Å². The first-order chi connectivity index (χ1) is 10.8. The molecule has 0 aliphatic carbocycles. The highest BCUT2D eigenvalue weighted by molar-refractivity contribution is 7.99. The van der Waals surface area contributed by atoms with E-state index in [0.717, 1.165) is 32.6 Å². The van der Waals surface area contributed by atoms with Gasteiger partial charge in [0.05, 0.1) is 9.79 Å². The van der Waals surface area contributed by atoms with Gasteiger partial charge in [0, 0.05) is 5.56 Å². The van der Waals surface area contributed by atoms with Crippen LogP contribution in [0.3, 0.4) is 0 Å². The van der Waals surface area contributed by atoms with E-state index in [1.807, 2.05) is 36.4 Å². The minimum Gasteiger partial charge on any atom is -0.455 e. The molecule has 0 spiro atoms. The molecule has 0 atom stereocenters. The van der Waals surface area contributed by atoms with Crippen LogP contribution in [0, 0.1) is 0 Å². The fourth-order valence-electron chi connectivity index (χ4n) is 2.83. The van der Waals surface area contributed by atoms with E-state index in [0.29, 0.717) is 10.9 Å². The molecule has 2 aromatic carbocycles. The average Bonchev–Trinajstić information content (AvgIpc) is 3.05. The molecule has 0 unspecified atom stereocenters. The molecule has 2 heterocycles. The molecule has 112 valence electrons. The largest absolute Gasteiger partial charge is 0.455 e. The molecule has 0 saturated carbocycles. The van der Waals surface area contributed by atoms with E-state index >= 15 is 0 Å². The zero-order valence-corrected chi connectivity index (χ0v) is 13.8. The molecular weight excluding hydrogens is 312 g/mol. The fourth-order valence-corrected chi connectivity index (χ4v) is 6.07. The molecule has 0 N–H and O–H groups in total. The number of hydrogen-bond acceptors (Lipinski definition) is 3. The Hall–Kier alpha value is -1.39. The van der Waals surface area contributed by atoms with Gasteiger partial charge in [0.2, 0.25) is 5.78 Å². The van der Waals surface area contributed by atoms with Crippen LogP contribution >= 0.6 is 11.8 Å². The van der Waals surface area contributed by atoms with Crippen molar-refractivity contribution in [3.8, 4) is 11.5 Å². The highest BCUT2D eigenvalue weighted by atomic mass is 32.2. The van der Waals surface area contributed by atoms with Gasteiger partial charge in [0.25, 0.3) is 0 Å². The van der Waals surface area contributed by atoms with Crippen molar-refractivity contribution < 1.29 is 9.53 Å². The summed E-state index contributed by atoms with van der Waals surface area (Å²) in [7, 11) is 0.317. The summed E-state index contributed by atoms with van der Waals surface area (Å²) in [5.74, 6) is 5.23. The molecule has 1 saturated heterocycles. The van der Waals surface area contributed by atoms with Crippen molar-refractivity contribution in [3.05, 3.63) is 48.0 Å². The number of ether oxygens (including phenoxy) is 1. The lowest BCUT2D eigenvalue weighted by molar-refractivity contribution is 0.102. The van der Waals surface area contributed by atoms with Crippen LogP contribution in [-0.4, -0.2) is 23.0 Å². The van der Waals surface area contributed by atoms with Gasteiger partial charge in [-0.25, -0.2) is 0 Å². The van der Waals surface area contributed by atoms with Crippen LogP contribution in [0.4, 0.5) is 0 Å². The van der Waals surface area contributed by atoms with E-state index < -0.39 is 0 Å². The molecule has 2 nitrogen and oxygen atoms in total. The van der Waals surface area contributed by atoms with E-state index in [2.05, 4.69) is 6.07 Å². The first-order valence-corrected chi connectivity index (χ1v) is 10.1. The summed E-state index contributed by atoms with van der Waals surface area (Å²) >= 11 is 1.68. The second kappa shape index (κ2) is 6.01. The van der Waals surface area contributed by atoms with Crippen LogP contribution in [0.2, 0.25) is 0 Å². The summed E-state index contributed by atoms with van der Waals surface area (Å²) in [6, 6.07) is 13.9. The number of benzene rings is 2. The smallest absolute Gasteiger partial charge is 0.211 e. The Morgan fingerprint density at radius 1 is 1.05 bits per heavy atom. The number of rotatable bonds is 3. The minimum absolute atomic E-state index is 0.285. The van der Waals surface area contributed by atoms with E-state index in [9.17, 15) is 4.79 Å². The Morgan fingerprint density at radius 3 is 2.68 bits per heavy atom. The summed E-state index contributed by atoms with van der Waals surface area (Å²) in [6.07, 6.45) is 2.59. The Bertz CT molecular complexity index is 721. The lowest BCUT2D eigenvalue weighted by Crippen LogP contribution is -2.18. The second-order valence-electron chi connectivity index (χ2n) is 5.61. The highest BCUT2D eigenvalue weighted by Crippen LogP contribution is 2.46. The van der Waals surface area contributed by atoms with Crippen molar-refractivity contribution in [2.24, 2.45) is 0 Å². The molecule has 0 radical (unpaired) electrons. The zero-order valence-electron chi connectivity index (χ0n) is 12.2. The predicted octanol–water partition coefficient (Wildman–Crippen LogP) is 4.54. The van der Waals surface area contributed by atoms with Gasteiger partial charge < -0.3 is 4.74 Å². The third-order valence-electron chi connectivity index (χ3n) is 4.01. The van der Waals surface area contributed by atoms with Gasteiger partial charge in [-0.05, 0) is 54.1 Å². The number of fused-ring (bicyclic) bond motifs is 2. The van der Waals surface area contributed by atoms with Gasteiger partial charge in [-0.2, -0.15) is 0 Å². The van der Waals surface area contributed by atoms with Crippen LogP contribution in [0.15, 0.2) is 52.3 Å². The maximum absolute atomic E-state index is 12.5. The Kier molecular flexibility index (Phi) is 3.89. The molecule has 0 aromatic heterocycles. The van der Waals surface area contributed by atoms with Crippen molar-refractivity contribution in [1.82, 2.24) is 0 Å². The third-order valence-corrected chi connectivity index (χ3v) is 7.50.